The van der Waals surface area contributed by atoms with Gasteiger partial charge in [0.05, 0.1) is 12.0 Å². The van der Waals surface area contributed by atoms with Crippen LogP contribution in [0.25, 0.3) is 0 Å². The number of anilines is 1. The number of carbonyl (C=O) groups is 2. The Labute approximate surface area is 274 Å². The van der Waals surface area contributed by atoms with Crippen molar-refractivity contribution in [1.29, 1.82) is 0 Å². The highest BCUT2D eigenvalue weighted by molar-refractivity contribution is 7.92. The molecule has 0 aliphatic rings. The summed E-state index contributed by atoms with van der Waals surface area (Å²) < 4.78 is 57.4. The average molecular weight is 664 g/mol. The summed E-state index contributed by atoms with van der Waals surface area (Å²) in [5.41, 5.74) is 1.87. The maximum Gasteiger partial charge on any atom is 0.261 e. The van der Waals surface area contributed by atoms with E-state index in [1.165, 1.54) is 41.3 Å². The predicted molar refractivity (Wildman–Crippen MR) is 176 cm³/mol. The van der Waals surface area contributed by atoms with E-state index in [-0.39, 0.29) is 35.2 Å². The Bertz CT molecular complexity index is 1690. The van der Waals surface area contributed by atoms with E-state index < -0.39 is 34.4 Å². The molecule has 1 atom stereocenters. The summed E-state index contributed by atoms with van der Waals surface area (Å²) in [6, 6.07) is 26.3. The third-order valence-corrected chi connectivity index (χ3v) is 8.60. The molecule has 0 aliphatic carbocycles. The van der Waals surface area contributed by atoms with Crippen molar-refractivity contribution in [3.63, 3.8) is 0 Å². The van der Waals surface area contributed by atoms with Crippen LogP contribution in [0.2, 0.25) is 0 Å². The van der Waals surface area contributed by atoms with E-state index in [0.29, 0.717) is 25.3 Å². The molecule has 0 bridgehead atoms. The Hall–Kier alpha value is -4.94. The van der Waals surface area contributed by atoms with Gasteiger partial charge < -0.3 is 24.4 Å². The second kappa shape index (κ2) is 17.1. The lowest BCUT2D eigenvalue weighted by Gasteiger charge is -2.31. The monoisotopic (exact) mass is 663 g/mol. The van der Waals surface area contributed by atoms with Gasteiger partial charge in [-0.15, -0.1) is 0 Å². The van der Waals surface area contributed by atoms with E-state index in [2.05, 4.69) is 10.0 Å². The van der Waals surface area contributed by atoms with E-state index >= 15 is 0 Å². The molecule has 2 amide bonds. The minimum Gasteiger partial charge on any atom is -0.497 e. The molecule has 47 heavy (non-hydrogen) atoms. The number of methoxy groups -OCH3 is 2. The topological polar surface area (TPSA) is 123 Å². The smallest absolute Gasteiger partial charge is 0.261 e. The molecule has 0 spiro atoms. The lowest BCUT2D eigenvalue weighted by atomic mass is 10.0. The second-order valence-electron chi connectivity index (χ2n) is 10.6. The second-order valence-corrected chi connectivity index (χ2v) is 12.3. The molecule has 0 heterocycles. The molecular formula is C35H38FN3O7S. The van der Waals surface area contributed by atoms with Crippen molar-refractivity contribution in [1.82, 2.24) is 10.2 Å². The molecule has 2 N–H and O–H groups in total. The van der Waals surface area contributed by atoms with E-state index in [1.54, 1.807) is 26.4 Å². The molecule has 0 fully saturated rings. The lowest BCUT2D eigenvalue weighted by Crippen LogP contribution is -2.51. The molecule has 0 saturated carbocycles. The number of amides is 2. The Morgan fingerprint density at radius 3 is 2.13 bits per heavy atom. The standard InChI is InChI=1S/C35H38FN3O7S/c1-44-22-6-21-37-35(41)33(23-26-7-4-3-5-8-26)39(24-27-9-15-30(45-2)16-10-27)34(40)25-46-31-17-19-32(20-18-31)47(42,43)38-29-13-11-28(36)12-14-29/h3-5,7-20,33,38H,6,21-25H2,1-2H3,(H,37,41). The number of hydrogen-bond acceptors (Lipinski definition) is 7. The fourth-order valence-corrected chi connectivity index (χ4v) is 5.76. The van der Waals surface area contributed by atoms with Gasteiger partial charge in [-0.25, -0.2) is 12.8 Å². The Kier molecular flexibility index (Phi) is 12.7. The fraction of sp³-hybridized carbons (Fsp3) is 0.257. The minimum atomic E-state index is -3.95. The van der Waals surface area contributed by atoms with Crippen LogP contribution >= 0.6 is 0 Å². The first-order valence-electron chi connectivity index (χ1n) is 14.9. The zero-order chi connectivity index (χ0) is 33.6. The van der Waals surface area contributed by atoms with Gasteiger partial charge in [-0.3, -0.25) is 14.3 Å². The van der Waals surface area contributed by atoms with Crippen LogP contribution in [0.4, 0.5) is 10.1 Å². The number of ether oxygens (including phenoxy) is 3. The van der Waals surface area contributed by atoms with Crippen LogP contribution < -0.4 is 19.5 Å². The molecule has 0 aromatic heterocycles. The van der Waals surface area contributed by atoms with Gasteiger partial charge in [0.25, 0.3) is 15.9 Å². The highest BCUT2D eigenvalue weighted by atomic mass is 32.2. The Morgan fingerprint density at radius 1 is 0.830 bits per heavy atom. The van der Waals surface area contributed by atoms with Crippen LogP contribution in [0.15, 0.2) is 108 Å². The van der Waals surface area contributed by atoms with Crippen LogP contribution in [0.5, 0.6) is 11.5 Å². The molecule has 10 nitrogen and oxygen atoms in total. The number of hydrogen-bond donors (Lipinski definition) is 2. The summed E-state index contributed by atoms with van der Waals surface area (Å²) in [7, 11) is -0.798. The zero-order valence-electron chi connectivity index (χ0n) is 26.2. The molecule has 12 heteroatoms. The number of halogens is 1. The SMILES string of the molecule is COCCCNC(=O)C(Cc1ccccc1)N(Cc1ccc(OC)cc1)C(=O)COc1ccc(S(=O)(=O)Nc2ccc(F)cc2)cc1. The van der Waals surface area contributed by atoms with Gasteiger partial charge >= 0.3 is 0 Å². The number of carbonyl (C=O) groups excluding carboxylic acids is 2. The minimum absolute atomic E-state index is 0.0466. The van der Waals surface area contributed by atoms with Gasteiger partial charge in [-0.1, -0.05) is 42.5 Å². The summed E-state index contributed by atoms with van der Waals surface area (Å²) in [4.78, 5) is 28.9. The van der Waals surface area contributed by atoms with Crippen molar-refractivity contribution in [2.24, 2.45) is 0 Å². The first-order chi connectivity index (χ1) is 22.7. The van der Waals surface area contributed by atoms with Crippen molar-refractivity contribution in [2.45, 2.75) is 30.3 Å². The van der Waals surface area contributed by atoms with Crippen molar-refractivity contribution < 1.29 is 36.6 Å². The first kappa shape index (κ1) is 34.9. The van der Waals surface area contributed by atoms with Crippen LogP contribution in [0.3, 0.4) is 0 Å². The van der Waals surface area contributed by atoms with Gasteiger partial charge in [-0.2, -0.15) is 0 Å². The number of nitrogens with one attached hydrogen (secondary N) is 2. The normalized spacial score (nSPS) is 11.7. The molecule has 0 radical (unpaired) electrons. The van der Waals surface area contributed by atoms with Gasteiger partial charge in [0.2, 0.25) is 5.91 Å². The molecule has 0 aliphatic heterocycles. The van der Waals surface area contributed by atoms with Gasteiger partial charge in [0.1, 0.15) is 23.4 Å². The van der Waals surface area contributed by atoms with Crippen molar-refractivity contribution in [3.05, 3.63) is 120 Å². The fourth-order valence-electron chi connectivity index (χ4n) is 4.70. The summed E-state index contributed by atoms with van der Waals surface area (Å²) in [5, 5.41) is 2.94. The molecule has 4 rings (SSSR count). The van der Waals surface area contributed by atoms with Crippen molar-refractivity contribution in [3.8, 4) is 11.5 Å². The summed E-state index contributed by atoms with van der Waals surface area (Å²) >= 11 is 0. The number of nitrogens with zero attached hydrogens (tertiary/aromatic N) is 1. The zero-order valence-corrected chi connectivity index (χ0v) is 27.0. The van der Waals surface area contributed by atoms with E-state index in [4.69, 9.17) is 14.2 Å². The average Bonchev–Trinajstić information content (AvgIpc) is 3.09. The van der Waals surface area contributed by atoms with Crippen LogP contribution in [-0.2, 0) is 37.3 Å². The Balaban J connectivity index is 1.53. The molecule has 1 unspecified atom stereocenters. The molecule has 248 valence electrons. The summed E-state index contributed by atoms with van der Waals surface area (Å²) in [5.74, 6) is -0.323. The number of benzene rings is 4. The summed E-state index contributed by atoms with van der Waals surface area (Å²) in [6.45, 7) is 0.582. The highest BCUT2D eigenvalue weighted by Gasteiger charge is 2.30. The quantitative estimate of drug-likeness (QED) is 0.156. The molecule has 4 aromatic rings. The largest absolute Gasteiger partial charge is 0.497 e. The maximum absolute atomic E-state index is 13.9. The van der Waals surface area contributed by atoms with Crippen LogP contribution in [0, 0.1) is 5.82 Å². The van der Waals surface area contributed by atoms with E-state index in [0.717, 1.165) is 23.3 Å². The van der Waals surface area contributed by atoms with Crippen molar-refractivity contribution in [2.75, 3.05) is 38.7 Å². The number of rotatable bonds is 17. The van der Waals surface area contributed by atoms with E-state index in [9.17, 15) is 22.4 Å². The lowest BCUT2D eigenvalue weighted by molar-refractivity contribution is -0.142. The predicted octanol–water partition coefficient (Wildman–Crippen LogP) is 4.81. The summed E-state index contributed by atoms with van der Waals surface area (Å²) in [6.07, 6.45) is 0.882. The van der Waals surface area contributed by atoms with Crippen molar-refractivity contribution >= 4 is 27.5 Å². The molecule has 0 saturated heterocycles. The molecule has 4 aromatic carbocycles. The van der Waals surface area contributed by atoms with E-state index in [1.807, 2.05) is 42.5 Å². The molecular weight excluding hydrogens is 625 g/mol. The first-order valence-corrected chi connectivity index (χ1v) is 16.4. The third-order valence-electron chi connectivity index (χ3n) is 7.20. The van der Waals surface area contributed by atoms with Crippen LogP contribution in [0.1, 0.15) is 17.5 Å². The Morgan fingerprint density at radius 2 is 1.49 bits per heavy atom. The van der Waals surface area contributed by atoms with Gasteiger partial charge in [0.15, 0.2) is 6.61 Å². The van der Waals surface area contributed by atoms with Gasteiger partial charge in [0, 0.05) is 38.9 Å². The maximum atomic E-state index is 13.9. The van der Waals surface area contributed by atoms with Crippen LogP contribution in [-0.4, -0.2) is 65.2 Å². The number of sulfonamides is 1. The highest BCUT2D eigenvalue weighted by Crippen LogP contribution is 2.21. The third kappa shape index (κ3) is 10.5. The van der Waals surface area contributed by atoms with Gasteiger partial charge in [-0.05, 0) is 78.2 Å².